The van der Waals surface area contributed by atoms with E-state index in [-0.39, 0.29) is 23.9 Å². The number of carbonyl (C=O) groups excluding carboxylic acids is 2. The lowest BCUT2D eigenvalue weighted by Gasteiger charge is -2.44. The molecular formula is C35H41N3O3. The van der Waals surface area contributed by atoms with Crippen LogP contribution in [0.15, 0.2) is 78.4 Å². The molecule has 214 valence electrons. The number of carbonyl (C=O) groups is 2. The standard InChI is InChI=1S/C35H41N3O3/c1-24-9-8-12-33(25(24)2)41-20-18-28-13-15-29(16-14-28)31-21-30-22-38(26(3)39)23-32(36-30)34(31)35(40)37(4)19-17-27-10-6-5-7-11-27/h5-16,30,32,36H,17-23H2,1-4H3. The number of rotatable bonds is 9. The van der Waals surface area contributed by atoms with Crippen LogP contribution in [-0.4, -0.2) is 67.0 Å². The molecule has 2 aliphatic heterocycles. The Morgan fingerprint density at radius 3 is 2.39 bits per heavy atom. The van der Waals surface area contributed by atoms with Gasteiger partial charge in [-0.05, 0) is 66.1 Å². The van der Waals surface area contributed by atoms with Crippen molar-refractivity contribution >= 4 is 17.4 Å². The third kappa shape index (κ3) is 6.71. The summed E-state index contributed by atoms with van der Waals surface area (Å²) in [5.74, 6) is 1.03. The van der Waals surface area contributed by atoms with Crippen LogP contribution < -0.4 is 10.1 Å². The average molecular weight is 552 g/mol. The fraction of sp³-hybridized carbons (Fsp3) is 0.371. The third-order valence-electron chi connectivity index (χ3n) is 8.51. The first-order valence-corrected chi connectivity index (χ1v) is 14.6. The highest BCUT2D eigenvalue weighted by Crippen LogP contribution is 2.34. The van der Waals surface area contributed by atoms with E-state index < -0.39 is 0 Å². The minimum Gasteiger partial charge on any atom is -0.493 e. The smallest absolute Gasteiger partial charge is 0.251 e. The van der Waals surface area contributed by atoms with Crippen LogP contribution in [0.2, 0.25) is 0 Å². The Bertz CT molecular complexity index is 1410. The second-order valence-electron chi connectivity index (χ2n) is 11.4. The highest BCUT2D eigenvalue weighted by Gasteiger charge is 2.39. The van der Waals surface area contributed by atoms with Crippen LogP contribution >= 0.6 is 0 Å². The van der Waals surface area contributed by atoms with Gasteiger partial charge in [0.15, 0.2) is 0 Å². The topological polar surface area (TPSA) is 61.9 Å². The molecule has 0 spiro atoms. The lowest BCUT2D eigenvalue weighted by atomic mass is 9.82. The van der Waals surface area contributed by atoms with Gasteiger partial charge in [0.2, 0.25) is 5.91 Å². The van der Waals surface area contributed by atoms with E-state index in [0.29, 0.717) is 32.7 Å². The molecule has 1 saturated heterocycles. The van der Waals surface area contributed by atoms with Crippen molar-refractivity contribution in [1.29, 1.82) is 0 Å². The van der Waals surface area contributed by atoms with Crippen molar-refractivity contribution in [3.05, 3.63) is 106 Å². The van der Waals surface area contributed by atoms with Crippen molar-refractivity contribution in [3.8, 4) is 5.75 Å². The zero-order chi connectivity index (χ0) is 28.9. The number of fused-ring (bicyclic) bond motifs is 2. The van der Waals surface area contributed by atoms with Crippen LogP contribution in [0.25, 0.3) is 5.57 Å². The Hall–Kier alpha value is -3.90. The molecule has 3 aromatic carbocycles. The zero-order valence-corrected chi connectivity index (χ0v) is 24.7. The zero-order valence-electron chi connectivity index (χ0n) is 24.7. The molecule has 2 heterocycles. The first-order chi connectivity index (χ1) is 19.8. The molecular weight excluding hydrogens is 510 g/mol. The maximum absolute atomic E-state index is 14.0. The number of hydrogen-bond donors (Lipinski definition) is 1. The molecule has 5 rings (SSSR count). The summed E-state index contributed by atoms with van der Waals surface area (Å²) in [5, 5.41) is 3.64. The van der Waals surface area contributed by atoms with Gasteiger partial charge in [-0.25, -0.2) is 0 Å². The van der Waals surface area contributed by atoms with Gasteiger partial charge in [0.25, 0.3) is 5.91 Å². The van der Waals surface area contributed by atoms with Crippen LogP contribution in [0.3, 0.4) is 0 Å². The van der Waals surface area contributed by atoms with Crippen molar-refractivity contribution in [2.45, 2.75) is 52.1 Å². The molecule has 1 fully saturated rings. The molecule has 0 aromatic heterocycles. The van der Waals surface area contributed by atoms with Gasteiger partial charge < -0.3 is 19.9 Å². The molecule has 2 bridgehead atoms. The molecule has 6 heteroatoms. The average Bonchev–Trinajstić information content (AvgIpc) is 2.98. The number of benzene rings is 3. The van der Waals surface area contributed by atoms with Crippen molar-refractivity contribution in [1.82, 2.24) is 15.1 Å². The summed E-state index contributed by atoms with van der Waals surface area (Å²) in [5.41, 5.74) is 7.78. The first kappa shape index (κ1) is 28.6. The number of nitrogens with one attached hydrogen (secondary N) is 1. The first-order valence-electron chi connectivity index (χ1n) is 14.6. The molecule has 3 aromatic rings. The fourth-order valence-corrected chi connectivity index (χ4v) is 5.90. The number of piperazine rings is 1. The SMILES string of the molecule is CC(=O)N1CC2CC(c3ccc(CCOc4cccc(C)c4C)cc3)=C(C(=O)N(C)CCc3ccccc3)C(C1)N2. The molecule has 2 unspecified atom stereocenters. The molecule has 0 saturated carbocycles. The van der Waals surface area contributed by atoms with Gasteiger partial charge in [0.05, 0.1) is 12.6 Å². The van der Waals surface area contributed by atoms with Gasteiger partial charge in [0, 0.05) is 51.6 Å². The van der Waals surface area contributed by atoms with E-state index in [1.54, 1.807) is 6.92 Å². The second-order valence-corrected chi connectivity index (χ2v) is 11.4. The van der Waals surface area contributed by atoms with Gasteiger partial charge >= 0.3 is 0 Å². The molecule has 0 radical (unpaired) electrons. The fourth-order valence-electron chi connectivity index (χ4n) is 5.90. The largest absolute Gasteiger partial charge is 0.493 e. The maximum atomic E-state index is 14.0. The summed E-state index contributed by atoms with van der Waals surface area (Å²) in [4.78, 5) is 30.0. The molecule has 2 aliphatic rings. The van der Waals surface area contributed by atoms with Crippen LogP contribution in [0.5, 0.6) is 5.75 Å². The normalized spacial score (nSPS) is 18.3. The minimum absolute atomic E-state index is 0.0308. The van der Waals surface area contributed by atoms with Crippen molar-refractivity contribution in [3.63, 3.8) is 0 Å². The Morgan fingerprint density at radius 1 is 0.927 bits per heavy atom. The Morgan fingerprint density at radius 2 is 1.66 bits per heavy atom. The summed E-state index contributed by atoms with van der Waals surface area (Å²) in [6.45, 7) is 8.22. The molecule has 1 N–H and O–H groups in total. The van der Waals surface area contributed by atoms with E-state index in [1.807, 2.05) is 47.2 Å². The predicted molar refractivity (Wildman–Crippen MR) is 164 cm³/mol. The highest BCUT2D eigenvalue weighted by atomic mass is 16.5. The summed E-state index contributed by atoms with van der Waals surface area (Å²) in [6.07, 6.45) is 2.31. The lowest BCUT2D eigenvalue weighted by molar-refractivity contribution is -0.132. The number of aryl methyl sites for hydroxylation is 1. The highest BCUT2D eigenvalue weighted by molar-refractivity contribution is 6.03. The Balaban J connectivity index is 1.34. The van der Waals surface area contributed by atoms with Crippen molar-refractivity contribution < 1.29 is 14.3 Å². The van der Waals surface area contributed by atoms with Crippen LogP contribution in [0.4, 0.5) is 0 Å². The van der Waals surface area contributed by atoms with Crippen LogP contribution in [0.1, 0.15) is 41.2 Å². The maximum Gasteiger partial charge on any atom is 0.251 e. The predicted octanol–water partition coefficient (Wildman–Crippen LogP) is 4.97. The van der Waals surface area contributed by atoms with E-state index >= 15 is 0 Å². The summed E-state index contributed by atoms with van der Waals surface area (Å²) >= 11 is 0. The summed E-state index contributed by atoms with van der Waals surface area (Å²) < 4.78 is 6.08. The van der Waals surface area contributed by atoms with E-state index in [0.717, 1.165) is 35.3 Å². The number of ether oxygens (including phenoxy) is 1. The molecule has 0 aliphatic carbocycles. The van der Waals surface area contributed by atoms with E-state index in [4.69, 9.17) is 4.74 Å². The van der Waals surface area contributed by atoms with Crippen LogP contribution in [0, 0.1) is 13.8 Å². The molecule has 6 nitrogen and oxygen atoms in total. The summed E-state index contributed by atoms with van der Waals surface area (Å²) in [6, 6.07) is 24.9. The quantitative estimate of drug-likeness (QED) is 0.408. The third-order valence-corrected chi connectivity index (χ3v) is 8.51. The van der Waals surface area contributed by atoms with E-state index in [1.165, 1.54) is 22.3 Å². The van der Waals surface area contributed by atoms with Crippen molar-refractivity contribution in [2.75, 3.05) is 33.3 Å². The van der Waals surface area contributed by atoms with Gasteiger partial charge in [-0.3, -0.25) is 9.59 Å². The van der Waals surface area contributed by atoms with Crippen molar-refractivity contribution in [2.24, 2.45) is 0 Å². The van der Waals surface area contributed by atoms with Gasteiger partial charge in [-0.15, -0.1) is 0 Å². The number of amides is 2. The second kappa shape index (κ2) is 12.7. The summed E-state index contributed by atoms with van der Waals surface area (Å²) in [7, 11) is 1.88. The molecule has 2 amide bonds. The lowest BCUT2D eigenvalue weighted by Crippen LogP contribution is -2.61. The number of likely N-dealkylation sites (N-methyl/N-ethyl adjacent to an activating group) is 1. The monoisotopic (exact) mass is 551 g/mol. The number of nitrogens with zero attached hydrogens (tertiary/aromatic N) is 2. The van der Waals surface area contributed by atoms with Gasteiger partial charge in [-0.2, -0.15) is 0 Å². The minimum atomic E-state index is -0.182. The van der Waals surface area contributed by atoms with Gasteiger partial charge in [-0.1, -0.05) is 66.7 Å². The van der Waals surface area contributed by atoms with Gasteiger partial charge in [0.1, 0.15) is 5.75 Å². The van der Waals surface area contributed by atoms with E-state index in [9.17, 15) is 9.59 Å². The molecule has 2 atom stereocenters. The van der Waals surface area contributed by atoms with E-state index in [2.05, 4.69) is 61.6 Å². The Kier molecular flexibility index (Phi) is 8.89. The van der Waals surface area contributed by atoms with Crippen LogP contribution in [-0.2, 0) is 22.4 Å². The molecule has 41 heavy (non-hydrogen) atoms. The Labute approximate surface area is 244 Å². The number of hydrogen-bond acceptors (Lipinski definition) is 4.